The minimum absolute atomic E-state index is 0.0420. The average molecular weight is 654 g/mol. The number of carbonyl (C=O) groups excluding carboxylic acids is 3. The molecule has 5 rings (SSSR count). The largest absolute Gasteiger partial charge is 0.573 e. The first-order chi connectivity index (χ1) is 19.9. The molecule has 2 aliphatic rings. The van der Waals surface area contributed by atoms with E-state index in [1.54, 1.807) is 18.2 Å². The zero-order valence-electron chi connectivity index (χ0n) is 21.5. The summed E-state index contributed by atoms with van der Waals surface area (Å²) >= 11 is 3.09. The van der Waals surface area contributed by atoms with Gasteiger partial charge in [0.15, 0.2) is 6.61 Å². The first-order valence-corrected chi connectivity index (χ1v) is 13.3. The molecule has 0 unspecified atom stereocenters. The molecule has 3 amide bonds. The van der Waals surface area contributed by atoms with Crippen LogP contribution in [-0.4, -0.2) is 66.2 Å². The highest BCUT2D eigenvalue weighted by Crippen LogP contribution is 2.33. The van der Waals surface area contributed by atoms with Crippen LogP contribution in [0.25, 0.3) is 11.1 Å². The van der Waals surface area contributed by atoms with Gasteiger partial charge in [-0.25, -0.2) is 8.78 Å². The lowest BCUT2D eigenvalue weighted by molar-refractivity contribution is -0.274. The number of nitrogens with zero attached hydrogens (tertiary/aromatic N) is 2. The molecule has 2 aliphatic heterocycles. The van der Waals surface area contributed by atoms with Gasteiger partial charge in [-0.05, 0) is 63.5 Å². The fraction of sp³-hybridized carbons (Fsp3) is 0.250. The van der Waals surface area contributed by atoms with Crippen molar-refractivity contribution in [1.29, 1.82) is 0 Å². The number of hydrogen-bond acceptors (Lipinski definition) is 5. The van der Waals surface area contributed by atoms with Gasteiger partial charge in [-0.2, -0.15) is 0 Å². The van der Waals surface area contributed by atoms with Crippen LogP contribution in [0.4, 0.5) is 27.6 Å². The highest BCUT2D eigenvalue weighted by atomic mass is 79.9. The van der Waals surface area contributed by atoms with Gasteiger partial charge in [0.25, 0.3) is 18.2 Å². The normalized spacial score (nSPS) is 16.9. The molecule has 1 fully saturated rings. The van der Waals surface area contributed by atoms with E-state index in [0.717, 1.165) is 12.1 Å². The monoisotopic (exact) mass is 653 g/mol. The highest BCUT2D eigenvalue weighted by Gasteiger charge is 2.40. The maximum atomic E-state index is 13.5. The van der Waals surface area contributed by atoms with E-state index in [4.69, 9.17) is 4.74 Å². The van der Waals surface area contributed by atoms with Crippen molar-refractivity contribution >= 4 is 39.3 Å². The Labute approximate surface area is 244 Å². The Bertz CT molecular complexity index is 1550. The summed E-state index contributed by atoms with van der Waals surface area (Å²) in [5.74, 6) is -1.82. The van der Waals surface area contributed by atoms with Gasteiger partial charge in [0.1, 0.15) is 17.5 Å². The lowest BCUT2D eigenvalue weighted by Gasteiger charge is -2.39. The molecule has 3 aromatic carbocycles. The van der Waals surface area contributed by atoms with E-state index in [1.165, 1.54) is 40.1 Å². The number of hydrogen-bond donors (Lipinski definition) is 1. The van der Waals surface area contributed by atoms with Crippen molar-refractivity contribution in [3.05, 3.63) is 76.3 Å². The summed E-state index contributed by atoms with van der Waals surface area (Å²) in [5, 5.41) is 2.72. The molecule has 0 saturated carbocycles. The van der Waals surface area contributed by atoms with E-state index < -0.39 is 48.9 Å². The Morgan fingerprint density at radius 3 is 2.50 bits per heavy atom. The Hall–Kier alpha value is -4.20. The molecular formula is C28H21BrF5N3O5. The van der Waals surface area contributed by atoms with Crippen LogP contribution in [0.1, 0.15) is 22.3 Å². The van der Waals surface area contributed by atoms with Crippen molar-refractivity contribution in [3.8, 4) is 22.6 Å². The number of benzene rings is 3. The van der Waals surface area contributed by atoms with Crippen LogP contribution in [0.2, 0.25) is 0 Å². The van der Waals surface area contributed by atoms with E-state index in [2.05, 4.69) is 26.0 Å². The number of alkyl halides is 5. The molecule has 0 bridgehead atoms. The van der Waals surface area contributed by atoms with Gasteiger partial charge < -0.3 is 24.6 Å². The number of carbonyl (C=O) groups is 3. The van der Waals surface area contributed by atoms with E-state index in [9.17, 15) is 36.3 Å². The first-order valence-electron chi connectivity index (χ1n) is 12.5. The predicted molar refractivity (Wildman–Crippen MR) is 143 cm³/mol. The smallest absolute Gasteiger partial charge is 0.483 e. The van der Waals surface area contributed by atoms with Crippen LogP contribution >= 0.6 is 15.9 Å². The number of rotatable bonds is 6. The number of halogens is 6. The molecule has 14 heteroatoms. The molecule has 1 atom stereocenters. The standard InChI is InChI=1S/C28H21BrF5N3O5/c29-20-12-18(42-28(32,33)34)5-7-23(20)41-14-24(38)36-8-9-37-22(13-36)26(39)35-21-6-4-16(11-19(21)27(37)40)15-2-1-3-17(10-15)25(30)31/h1-7,10-12,22,25H,8-9,13-14H2,(H,35,39)/t22-/m0/s1. The zero-order valence-corrected chi connectivity index (χ0v) is 23.0. The van der Waals surface area contributed by atoms with Crippen LogP contribution in [0.3, 0.4) is 0 Å². The Balaban J connectivity index is 1.27. The quantitative estimate of drug-likeness (QED) is 0.348. The molecule has 220 valence electrons. The first kappa shape index (κ1) is 29.3. The maximum Gasteiger partial charge on any atom is 0.573 e. The summed E-state index contributed by atoms with van der Waals surface area (Å²) in [5.41, 5.74) is 1.30. The fourth-order valence-electron chi connectivity index (χ4n) is 4.74. The second-order valence-electron chi connectivity index (χ2n) is 9.46. The van der Waals surface area contributed by atoms with Gasteiger partial charge in [0.2, 0.25) is 5.91 Å². The van der Waals surface area contributed by atoms with Crippen molar-refractivity contribution in [1.82, 2.24) is 9.80 Å². The number of nitrogens with one attached hydrogen (secondary N) is 1. The highest BCUT2D eigenvalue weighted by molar-refractivity contribution is 9.10. The van der Waals surface area contributed by atoms with Crippen molar-refractivity contribution in [2.24, 2.45) is 0 Å². The minimum Gasteiger partial charge on any atom is -0.483 e. The lowest BCUT2D eigenvalue weighted by Crippen LogP contribution is -2.60. The number of ether oxygens (including phenoxy) is 2. The number of piperazine rings is 1. The third kappa shape index (κ3) is 6.32. The average Bonchev–Trinajstić information content (AvgIpc) is 3.05. The third-order valence-electron chi connectivity index (χ3n) is 6.76. The lowest BCUT2D eigenvalue weighted by atomic mass is 9.99. The molecular weight excluding hydrogens is 633 g/mol. The van der Waals surface area contributed by atoms with Crippen LogP contribution in [-0.2, 0) is 9.59 Å². The van der Waals surface area contributed by atoms with Crippen molar-refractivity contribution < 1.29 is 45.8 Å². The van der Waals surface area contributed by atoms with Gasteiger partial charge in [-0.1, -0.05) is 24.3 Å². The van der Waals surface area contributed by atoms with Crippen LogP contribution in [0.15, 0.2) is 65.1 Å². The van der Waals surface area contributed by atoms with Crippen LogP contribution in [0, 0.1) is 0 Å². The molecule has 3 aromatic rings. The summed E-state index contributed by atoms with van der Waals surface area (Å²) in [6, 6.07) is 12.8. The van der Waals surface area contributed by atoms with Crippen molar-refractivity contribution in [2.45, 2.75) is 18.8 Å². The summed E-state index contributed by atoms with van der Waals surface area (Å²) in [7, 11) is 0. The van der Waals surface area contributed by atoms with Gasteiger partial charge in [0.05, 0.1) is 22.3 Å². The van der Waals surface area contributed by atoms with Gasteiger partial charge in [-0.3, -0.25) is 14.4 Å². The maximum absolute atomic E-state index is 13.5. The molecule has 8 nitrogen and oxygen atoms in total. The van der Waals surface area contributed by atoms with Crippen LogP contribution in [0.5, 0.6) is 11.5 Å². The summed E-state index contributed by atoms with van der Waals surface area (Å²) < 4.78 is 73.2. The molecule has 42 heavy (non-hydrogen) atoms. The minimum atomic E-state index is -4.86. The van der Waals surface area contributed by atoms with Crippen molar-refractivity contribution in [2.75, 3.05) is 31.6 Å². The van der Waals surface area contributed by atoms with Gasteiger partial charge in [0, 0.05) is 18.7 Å². The van der Waals surface area contributed by atoms with Gasteiger partial charge in [-0.15, -0.1) is 13.2 Å². The van der Waals surface area contributed by atoms with E-state index >= 15 is 0 Å². The van der Waals surface area contributed by atoms with E-state index in [-0.39, 0.29) is 46.7 Å². The van der Waals surface area contributed by atoms with Gasteiger partial charge >= 0.3 is 6.36 Å². The Morgan fingerprint density at radius 1 is 1.02 bits per heavy atom. The van der Waals surface area contributed by atoms with Crippen LogP contribution < -0.4 is 14.8 Å². The van der Waals surface area contributed by atoms with E-state index in [1.807, 2.05) is 0 Å². The van der Waals surface area contributed by atoms with Crippen molar-refractivity contribution in [3.63, 3.8) is 0 Å². The molecule has 0 aromatic heterocycles. The molecule has 1 saturated heterocycles. The fourth-order valence-corrected chi connectivity index (χ4v) is 5.21. The number of anilines is 1. The Kier molecular flexibility index (Phi) is 8.08. The van der Waals surface area contributed by atoms with E-state index in [0.29, 0.717) is 11.1 Å². The Morgan fingerprint density at radius 2 is 1.79 bits per heavy atom. The third-order valence-corrected chi connectivity index (χ3v) is 7.38. The molecule has 1 N–H and O–H groups in total. The number of amides is 3. The molecule has 0 aliphatic carbocycles. The SMILES string of the molecule is O=C1Nc2ccc(-c3cccc(C(F)F)c3)cc2C(=O)N2CCN(C(=O)COc3ccc(OC(F)(F)F)cc3Br)C[C@@H]12. The molecule has 0 radical (unpaired) electrons. The zero-order chi connectivity index (χ0) is 30.2. The summed E-state index contributed by atoms with van der Waals surface area (Å²) in [6.07, 6.45) is -7.52. The molecule has 2 heterocycles. The summed E-state index contributed by atoms with van der Waals surface area (Å²) in [4.78, 5) is 42.2. The summed E-state index contributed by atoms with van der Waals surface area (Å²) in [6.45, 7) is -0.443. The number of fused-ring (bicyclic) bond motifs is 2. The second-order valence-corrected chi connectivity index (χ2v) is 10.3. The predicted octanol–water partition coefficient (Wildman–Crippen LogP) is 5.64. The topological polar surface area (TPSA) is 88.2 Å². The molecule has 0 spiro atoms. The second kappa shape index (κ2) is 11.6.